The molecule has 1 aromatic heterocycles. The van der Waals surface area contributed by atoms with Crippen LogP contribution in [-0.2, 0) is 22.5 Å². The minimum absolute atomic E-state index is 0.238. The highest BCUT2D eigenvalue weighted by molar-refractivity contribution is 6.44. The normalized spacial score (nSPS) is 14.5. The van der Waals surface area contributed by atoms with E-state index in [1.165, 1.54) is 0 Å². The van der Waals surface area contributed by atoms with Gasteiger partial charge in [-0.2, -0.15) is 0 Å². The van der Waals surface area contributed by atoms with Gasteiger partial charge in [0.15, 0.2) is 6.10 Å². The molecule has 1 N–H and O–H groups in total. The molecule has 1 aliphatic rings. The predicted octanol–water partition coefficient (Wildman–Crippen LogP) is 5.49. The first kappa shape index (κ1) is 23.5. The third-order valence-corrected chi connectivity index (χ3v) is 6.72. The van der Waals surface area contributed by atoms with Gasteiger partial charge in [0.05, 0.1) is 26.8 Å². The SMILES string of the molecule is CCC(OC(=O)c1c2c(nc3ccccc13)CCN(CC)C2)C(=O)Nc1cccc(Cl)c1Cl. The number of pyridine rings is 1. The van der Waals surface area contributed by atoms with Gasteiger partial charge in [0.25, 0.3) is 5.91 Å². The monoisotopic (exact) mass is 485 g/mol. The number of esters is 1. The molecular formula is C25H25Cl2N3O3. The van der Waals surface area contributed by atoms with Crippen LogP contribution in [0.3, 0.4) is 0 Å². The van der Waals surface area contributed by atoms with Gasteiger partial charge in [0.2, 0.25) is 0 Å². The van der Waals surface area contributed by atoms with Crippen molar-refractivity contribution < 1.29 is 14.3 Å². The molecule has 0 radical (unpaired) electrons. The van der Waals surface area contributed by atoms with E-state index in [-0.39, 0.29) is 5.02 Å². The Labute approximate surface area is 202 Å². The molecule has 0 aliphatic carbocycles. The Hall–Kier alpha value is -2.67. The van der Waals surface area contributed by atoms with Crippen molar-refractivity contribution in [2.24, 2.45) is 0 Å². The summed E-state index contributed by atoms with van der Waals surface area (Å²) in [6.07, 6.45) is 0.0855. The number of benzene rings is 2. The third kappa shape index (κ3) is 4.83. The Bertz CT molecular complexity index is 1210. The number of halogens is 2. The zero-order chi connectivity index (χ0) is 23.5. The van der Waals surface area contributed by atoms with Crippen LogP contribution in [0, 0.1) is 0 Å². The summed E-state index contributed by atoms with van der Waals surface area (Å²) in [5.41, 5.74) is 3.39. The van der Waals surface area contributed by atoms with Crippen molar-refractivity contribution in [3.05, 3.63) is 69.3 Å². The smallest absolute Gasteiger partial charge is 0.340 e. The summed E-state index contributed by atoms with van der Waals surface area (Å²) in [6, 6.07) is 12.5. The maximum Gasteiger partial charge on any atom is 0.340 e. The fourth-order valence-electron chi connectivity index (χ4n) is 4.07. The lowest BCUT2D eigenvalue weighted by atomic mass is 9.95. The zero-order valence-electron chi connectivity index (χ0n) is 18.5. The first-order chi connectivity index (χ1) is 15.9. The van der Waals surface area contributed by atoms with Gasteiger partial charge in [-0.25, -0.2) is 4.79 Å². The Morgan fingerprint density at radius 3 is 2.70 bits per heavy atom. The zero-order valence-corrected chi connectivity index (χ0v) is 20.0. The number of rotatable bonds is 6. The van der Waals surface area contributed by atoms with Crippen molar-refractivity contribution in [2.45, 2.75) is 39.3 Å². The predicted molar refractivity (Wildman–Crippen MR) is 131 cm³/mol. The molecule has 0 bridgehead atoms. The van der Waals surface area contributed by atoms with Crippen molar-refractivity contribution in [2.75, 3.05) is 18.4 Å². The van der Waals surface area contributed by atoms with Crippen LogP contribution in [0.2, 0.25) is 10.0 Å². The molecule has 172 valence electrons. The highest BCUT2D eigenvalue weighted by atomic mass is 35.5. The Morgan fingerprint density at radius 1 is 1.15 bits per heavy atom. The lowest BCUT2D eigenvalue weighted by molar-refractivity contribution is -0.124. The minimum atomic E-state index is -0.985. The molecule has 0 spiro atoms. The molecule has 0 saturated heterocycles. The third-order valence-electron chi connectivity index (χ3n) is 5.90. The molecule has 2 aromatic carbocycles. The number of nitrogens with zero attached hydrogens (tertiary/aromatic N) is 2. The number of nitrogens with one attached hydrogen (secondary N) is 1. The van der Waals surface area contributed by atoms with Crippen LogP contribution in [0.5, 0.6) is 0 Å². The number of hydrogen-bond donors (Lipinski definition) is 1. The summed E-state index contributed by atoms with van der Waals surface area (Å²) in [5, 5.41) is 4.02. The number of likely N-dealkylation sites (N-methyl/N-ethyl adjacent to an activating group) is 1. The molecular weight excluding hydrogens is 461 g/mol. The van der Waals surface area contributed by atoms with Gasteiger partial charge in [-0.3, -0.25) is 14.7 Å². The second-order valence-electron chi connectivity index (χ2n) is 7.94. The summed E-state index contributed by atoms with van der Waals surface area (Å²) in [4.78, 5) is 33.5. The Morgan fingerprint density at radius 2 is 1.94 bits per heavy atom. The van der Waals surface area contributed by atoms with Crippen LogP contribution in [0.4, 0.5) is 5.69 Å². The van der Waals surface area contributed by atoms with Crippen LogP contribution in [0.25, 0.3) is 10.9 Å². The molecule has 1 amide bonds. The molecule has 6 nitrogen and oxygen atoms in total. The van der Waals surface area contributed by atoms with Crippen LogP contribution in [0.1, 0.15) is 41.9 Å². The van der Waals surface area contributed by atoms with Crippen molar-refractivity contribution in [3.63, 3.8) is 0 Å². The quantitative estimate of drug-likeness (QED) is 0.467. The van der Waals surface area contributed by atoms with Crippen molar-refractivity contribution >= 4 is 51.7 Å². The molecule has 3 aromatic rings. The average molecular weight is 486 g/mol. The summed E-state index contributed by atoms with van der Waals surface area (Å²) in [7, 11) is 0. The second kappa shape index (κ2) is 10.1. The van der Waals surface area contributed by atoms with Gasteiger partial charge < -0.3 is 10.1 Å². The lowest BCUT2D eigenvalue weighted by Crippen LogP contribution is -2.35. The van der Waals surface area contributed by atoms with Gasteiger partial charge in [-0.05, 0) is 31.2 Å². The van der Waals surface area contributed by atoms with Crippen molar-refractivity contribution in [1.82, 2.24) is 9.88 Å². The molecule has 2 heterocycles. The van der Waals surface area contributed by atoms with Gasteiger partial charge in [-0.1, -0.05) is 61.3 Å². The topological polar surface area (TPSA) is 71.5 Å². The molecule has 1 atom stereocenters. The minimum Gasteiger partial charge on any atom is -0.449 e. The van der Waals surface area contributed by atoms with Crippen LogP contribution in [0.15, 0.2) is 42.5 Å². The van der Waals surface area contributed by atoms with Crippen LogP contribution >= 0.6 is 23.2 Å². The number of ether oxygens (including phenoxy) is 1. The number of carbonyl (C=O) groups is 2. The highest BCUT2D eigenvalue weighted by Gasteiger charge is 2.29. The molecule has 8 heteroatoms. The number of aromatic nitrogens is 1. The van der Waals surface area contributed by atoms with Gasteiger partial charge >= 0.3 is 5.97 Å². The lowest BCUT2D eigenvalue weighted by Gasteiger charge is -2.29. The first-order valence-corrected chi connectivity index (χ1v) is 11.8. The fourth-order valence-corrected chi connectivity index (χ4v) is 4.42. The average Bonchev–Trinajstić information content (AvgIpc) is 2.83. The van der Waals surface area contributed by atoms with Crippen LogP contribution < -0.4 is 5.32 Å². The number of para-hydroxylation sites is 1. The van der Waals surface area contributed by atoms with E-state index in [1.807, 2.05) is 24.3 Å². The highest BCUT2D eigenvalue weighted by Crippen LogP contribution is 2.31. The van der Waals surface area contributed by atoms with Crippen molar-refractivity contribution in [1.29, 1.82) is 0 Å². The number of carbonyl (C=O) groups excluding carboxylic acids is 2. The standard InChI is InChI=1S/C25H25Cl2N3O3/c1-3-21(24(31)29-20-11-7-9-17(26)23(20)27)33-25(32)22-15-8-5-6-10-18(15)28-19-12-13-30(4-2)14-16(19)22/h5-11,21H,3-4,12-14H2,1-2H3,(H,29,31). The number of anilines is 1. The maximum absolute atomic E-state index is 13.5. The Kier molecular flexibility index (Phi) is 7.17. The molecule has 0 saturated carbocycles. The first-order valence-electron chi connectivity index (χ1n) is 11.0. The van der Waals surface area contributed by atoms with E-state index in [1.54, 1.807) is 25.1 Å². The maximum atomic E-state index is 13.5. The summed E-state index contributed by atoms with van der Waals surface area (Å²) in [6.45, 7) is 6.27. The summed E-state index contributed by atoms with van der Waals surface area (Å²) in [5.74, 6) is -0.987. The van der Waals surface area contributed by atoms with Gasteiger partial charge in [-0.15, -0.1) is 0 Å². The summed E-state index contributed by atoms with van der Waals surface area (Å²) >= 11 is 12.2. The molecule has 1 aliphatic heterocycles. The Balaban J connectivity index is 1.65. The van der Waals surface area contributed by atoms with Gasteiger partial charge in [0.1, 0.15) is 0 Å². The molecule has 33 heavy (non-hydrogen) atoms. The van der Waals surface area contributed by atoms with E-state index >= 15 is 0 Å². The second-order valence-corrected chi connectivity index (χ2v) is 8.73. The van der Waals surface area contributed by atoms with Crippen LogP contribution in [-0.4, -0.2) is 41.0 Å². The molecule has 0 fully saturated rings. The number of amides is 1. The van der Waals surface area contributed by atoms with Gasteiger partial charge in [0, 0.05) is 36.2 Å². The van der Waals surface area contributed by atoms with Crippen molar-refractivity contribution in [3.8, 4) is 0 Å². The van der Waals surface area contributed by atoms with E-state index in [2.05, 4.69) is 17.1 Å². The number of hydrogen-bond acceptors (Lipinski definition) is 5. The fraction of sp³-hybridized carbons (Fsp3) is 0.320. The molecule has 4 rings (SSSR count). The van der Waals surface area contributed by atoms with E-state index in [0.29, 0.717) is 29.2 Å². The van der Waals surface area contributed by atoms with E-state index < -0.39 is 18.0 Å². The number of fused-ring (bicyclic) bond motifs is 2. The van der Waals surface area contributed by atoms with E-state index in [0.717, 1.165) is 41.7 Å². The van der Waals surface area contributed by atoms with E-state index in [4.69, 9.17) is 32.9 Å². The van der Waals surface area contributed by atoms with E-state index in [9.17, 15) is 9.59 Å². The largest absolute Gasteiger partial charge is 0.449 e. The molecule has 1 unspecified atom stereocenters. The summed E-state index contributed by atoms with van der Waals surface area (Å²) < 4.78 is 5.76.